The van der Waals surface area contributed by atoms with Gasteiger partial charge in [0, 0.05) is 53.2 Å². The fraction of sp³-hybridized carbons (Fsp3) is 0.111. The lowest BCUT2D eigenvalue weighted by atomic mass is 9.84. The van der Waals surface area contributed by atoms with Gasteiger partial charge in [0.25, 0.3) is 5.91 Å². The van der Waals surface area contributed by atoms with Crippen LogP contribution >= 0.6 is 0 Å². The molecule has 0 aliphatic heterocycles. The lowest BCUT2D eigenvalue weighted by Crippen LogP contribution is -2.22. The van der Waals surface area contributed by atoms with Crippen LogP contribution in [0.4, 0.5) is 11.4 Å². The van der Waals surface area contributed by atoms with Crippen molar-refractivity contribution in [2.24, 2.45) is 0 Å². The van der Waals surface area contributed by atoms with Gasteiger partial charge in [-0.25, -0.2) is 0 Å². The number of fused-ring (bicyclic) bond motifs is 2. The molecule has 164 valence electrons. The van der Waals surface area contributed by atoms with Crippen LogP contribution in [0.3, 0.4) is 0 Å². The summed E-state index contributed by atoms with van der Waals surface area (Å²) in [4.78, 5) is 51.3. The van der Waals surface area contributed by atoms with E-state index in [2.05, 4.69) is 5.32 Å². The van der Waals surface area contributed by atoms with Crippen LogP contribution in [0.15, 0.2) is 72.3 Å². The molecule has 0 radical (unpaired) electrons. The number of hydrogen-bond donors (Lipinski definition) is 1. The Morgan fingerprint density at radius 3 is 1.97 bits per heavy atom. The molecule has 1 aliphatic carbocycles. The zero-order valence-corrected chi connectivity index (χ0v) is 18.5. The van der Waals surface area contributed by atoms with Crippen LogP contribution in [0.2, 0.25) is 0 Å². The molecule has 0 fully saturated rings. The van der Waals surface area contributed by atoms with E-state index in [0.29, 0.717) is 28.0 Å². The molecule has 6 heteroatoms. The van der Waals surface area contributed by atoms with Crippen molar-refractivity contribution in [3.8, 4) is 0 Å². The highest BCUT2D eigenvalue weighted by molar-refractivity contribution is 6.28. The minimum absolute atomic E-state index is 0.0671. The largest absolute Gasteiger partial charge is 0.322 e. The zero-order chi connectivity index (χ0) is 23.7. The van der Waals surface area contributed by atoms with Crippen molar-refractivity contribution in [3.05, 3.63) is 100 Å². The second-order valence-electron chi connectivity index (χ2n) is 7.92. The molecular formula is C27H22N2O4. The average molecular weight is 438 g/mol. The molecule has 0 aromatic heterocycles. The Labute approximate surface area is 191 Å². The molecule has 3 aromatic rings. The number of anilines is 2. The summed E-state index contributed by atoms with van der Waals surface area (Å²) in [5.41, 5.74) is 3.85. The Bertz CT molecular complexity index is 1340. The van der Waals surface area contributed by atoms with E-state index < -0.39 is 0 Å². The predicted octanol–water partition coefficient (Wildman–Crippen LogP) is 4.49. The van der Waals surface area contributed by atoms with Gasteiger partial charge in [0.15, 0.2) is 11.6 Å². The van der Waals surface area contributed by atoms with E-state index in [9.17, 15) is 19.2 Å². The third kappa shape index (κ3) is 4.23. The molecular weight excluding hydrogens is 416 g/mol. The molecule has 0 atom stereocenters. The van der Waals surface area contributed by atoms with Crippen molar-refractivity contribution in [3.63, 3.8) is 0 Å². The van der Waals surface area contributed by atoms with Crippen LogP contribution in [-0.2, 0) is 9.59 Å². The minimum atomic E-state index is -0.324. The van der Waals surface area contributed by atoms with Crippen LogP contribution in [0.25, 0.3) is 6.08 Å². The Balaban J connectivity index is 1.53. The second-order valence-corrected chi connectivity index (χ2v) is 7.92. The van der Waals surface area contributed by atoms with Crippen LogP contribution in [0, 0.1) is 0 Å². The van der Waals surface area contributed by atoms with Crippen molar-refractivity contribution < 1.29 is 19.2 Å². The van der Waals surface area contributed by atoms with Gasteiger partial charge in [0.05, 0.1) is 0 Å². The normalized spacial score (nSPS) is 12.6. The second kappa shape index (κ2) is 8.67. The fourth-order valence-corrected chi connectivity index (χ4v) is 3.70. The van der Waals surface area contributed by atoms with E-state index >= 15 is 0 Å². The van der Waals surface area contributed by atoms with Crippen molar-refractivity contribution in [1.82, 2.24) is 0 Å². The number of ketones is 2. The highest BCUT2D eigenvalue weighted by Gasteiger charge is 2.29. The van der Waals surface area contributed by atoms with Gasteiger partial charge in [-0.05, 0) is 48.9 Å². The summed E-state index contributed by atoms with van der Waals surface area (Å²) in [6.07, 6.45) is 1.73. The van der Waals surface area contributed by atoms with E-state index in [1.54, 1.807) is 62.5 Å². The van der Waals surface area contributed by atoms with E-state index in [4.69, 9.17) is 0 Å². The number of rotatable bonds is 4. The SMILES string of the molecule is CC(=O)N(C)c1ccc(/C=C(/C)C(=O)Nc2ccc3c(c2)C(=O)c2ccccc2C3=O)cc1. The van der Waals surface area contributed by atoms with Crippen molar-refractivity contribution >= 4 is 40.8 Å². The number of benzene rings is 3. The van der Waals surface area contributed by atoms with Crippen molar-refractivity contribution in [1.29, 1.82) is 0 Å². The first-order valence-corrected chi connectivity index (χ1v) is 10.4. The molecule has 0 spiro atoms. The Kier molecular flexibility index (Phi) is 5.75. The third-order valence-electron chi connectivity index (χ3n) is 5.68. The van der Waals surface area contributed by atoms with E-state index in [1.807, 2.05) is 24.3 Å². The number of carbonyl (C=O) groups excluding carboxylic acids is 4. The van der Waals surface area contributed by atoms with E-state index in [1.165, 1.54) is 11.8 Å². The zero-order valence-electron chi connectivity index (χ0n) is 18.5. The molecule has 33 heavy (non-hydrogen) atoms. The van der Waals surface area contributed by atoms with Crippen LogP contribution in [0.5, 0.6) is 0 Å². The monoisotopic (exact) mass is 438 g/mol. The summed E-state index contributed by atoms with van der Waals surface area (Å²) in [6, 6.07) is 18.7. The molecule has 1 N–H and O–H groups in total. The standard InChI is InChI=1S/C27H22N2O4/c1-16(14-18-8-11-20(12-9-18)29(3)17(2)30)27(33)28-19-10-13-23-24(15-19)26(32)22-7-5-4-6-21(22)25(23)31/h4-15H,1-3H3,(H,28,33)/b16-14-. The van der Waals surface area contributed by atoms with E-state index in [0.717, 1.165) is 11.3 Å². The first kappa shape index (κ1) is 21.9. The van der Waals surface area contributed by atoms with Gasteiger partial charge in [-0.2, -0.15) is 0 Å². The van der Waals surface area contributed by atoms with Gasteiger partial charge in [-0.3, -0.25) is 19.2 Å². The molecule has 0 saturated heterocycles. The van der Waals surface area contributed by atoms with Crippen molar-refractivity contribution in [2.75, 3.05) is 17.3 Å². The number of hydrogen-bond acceptors (Lipinski definition) is 4. The summed E-state index contributed by atoms with van der Waals surface area (Å²) in [7, 11) is 1.70. The van der Waals surface area contributed by atoms with Gasteiger partial charge in [0.2, 0.25) is 5.91 Å². The molecule has 2 amide bonds. The Hall–Kier alpha value is -4.32. The maximum absolute atomic E-state index is 12.9. The summed E-state index contributed by atoms with van der Waals surface area (Å²) in [6.45, 7) is 3.18. The number of nitrogens with one attached hydrogen (secondary N) is 1. The van der Waals surface area contributed by atoms with Gasteiger partial charge < -0.3 is 10.2 Å². The fourth-order valence-electron chi connectivity index (χ4n) is 3.70. The first-order chi connectivity index (χ1) is 15.8. The van der Waals surface area contributed by atoms with Gasteiger partial charge in [0.1, 0.15) is 0 Å². The molecule has 0 bridgehead atoms. The molecule has 4 rings (SSSR count). The Morgan fingerprint density at radius 1 is 0.788 bits per heavy atom. The highest BCUT2D eigenvalue weighted by atomic mass is 16.2. The predicted molar refractivity (Wildman–Crippen MR) is 128 cm³/mol. The van der Waals surface area contributed by atoms with Crippen molar-refractivity contribution in [2.45, 2.75) is 13.8 Å². The van der Waals surface area contributed by atoms with Gasteiger partial charge >= 0.3 is 0 Å². The molecule has 3 aromatic carbocycles. The molecule has 1 aliphatic rings. The minimum Gasteiger partial charge on any atom is -0.322 e. The smallest absolute Gasteiger partial charge is 0.251 e. The van der Waals surface area contributed by atoms with Gasteiger partial charge in [-0.1, -0.05) is 36.4 Å². The number of amides is 2. The first-order valence-electron chi connectivity index (χ1n) is 10.4. The summed E-state index contributed by atoms with van der Waals surface area (Å²) in [5, 5.41) is 2.79. The molecule has 0 heterocycles. The molecule has 0 unspecified atom stereocenters. The van der Waals surface area contributed by atoms with Gasteiger partial charge in [-0.15, -0.1) is 0 Å². The molecule has 0 saturated carbocycles. The number of carbonyl (C=O) groups is 4. The maximum Gasteiger partial charge on any atom is 0.251 e. The van der Waals surface area contributed by atoms with Crippen LogP contribution < -0.4 is 10.2 Å². The lowest BCUT2D eigenvalue weighted by Gasteiger charge is -2.18. The Morgan fingerprint density at radius 2 is 1.36 bits per heavy atom. The summed E-state index contributed by atoms with van der Waals surface area (Å²) >= 11 is 0. The summed E-state index contributed by atoms with van der Waals surface area (Å²) < 4.78 is 0. The van der Waals surface area contributed by atoms with Crippen LogP contribution in [-0.4, -0.2) is 30.4 Å². The third-order valence-corrected chi connectivity index (χ3v) is 5.68. The van der Waals surface area contributed by atoms with E-state index in [-0.39, 0.29) is 28.9 Å². The highest BCUT2D eigenvalue weighted by Crippen LogP contribution is 2.29. The maximum atomic E-state index is 12.9. The summed E-state index contributed by atoms with van der Waals surface area (Å²) in [5.74, 6) is -0.829. The van der Waals surface area contributed by atoms with Crippen LogP contribution in [0.1, 0.15) is 51.3 Å². The topological polar surface area (TPSA) is 83.6 Å². The average Bonchev–Trinajstić information content (AvgIpc) is 2.82. The quantitative estimate of drug-likeness (QED) is 0.476. The molecule has 6 nitrogen and oxygen atoms in total. The number of nitrogens with zero attached hydrogens (tertiary/aromatic N) is 1. The lowest BCUT2D eigenvalue weighted by molar-refractivity contribution is -0.116.